The van der Waals surface area contributed by atoms with Crippen LogP contribution >= 0.6 is 0 Å². The molecule has 1 heterocycles. The maximum atomic E-state index is 11.4. The first-order valence-electron chi connectivity index (χ1n) is 4.73. The summed E-state index contributed by atoms with van der Waals surface area (Å²) in [4.78, 5) is 22.8. The van der Waals surface area contributed by atoms with Crippen molar-refractivity contribution < 1.29 is 14.3 Å². The van der Waals surface area contributed by atoms with Crippen LogP contribution in [0.25, 0.3) is 0 Å². The summed E-state index contributed by atoms with van der Waals surface area (Å²) in [5, 5.41) is 2.70. The fourth-order valence-corrected chi connectivity index (χ4v) is 1.83. The Morgan fingerprint density at radius 3 is 2.50 bits per heavy atom. The van der Waals surface area contributed by atoms with E-state index in [1.54, 1.807) is 0 Å². The summed E-state index contributed by atoms with van der Waals surface area (Å²) in [6.45, 7) is 6.62. The molecule has 1 saturated heterocycles. The smallest absolute Gasteiger partial charge is 0.318 e. The summed E-state index contributed by atoms with van der Waals surface area (Å²) in [5.41, 5.74) is -0.0714. The maximum absolute atomic E-state index is 11.4. The molecule has 0 aliphatic carbocycles. The number of carbonyl (C=O) groups is 2. The van der Waals surface area contributed by atoms with E-state index in [0.717, 1.165) is 0 Å². The molecule has 0 aromatic rings. The average molecular weight is 199 g/mol. The molecule has 0 aromatic heterocycles. The highest BCUT2D eigenvalue weighted by molar-refractivity contribution is 5.99. The summed E-state index contributed by atoms with van der Waals surface area (Å²) < 4.78 is 4.63. The third kappa shape index (κ3) is 1.89. The second-order valence-electron chi connectivity index (χ2n) is 4.72. The molecule has 0 aromatic carbocycles. The van der Waals surface area contributed by atoms with Crippen LogP contribution in [0.2, 0.25) is 0 Å². The van der Waals surface area contributed by atoms with Gasteiger partial charge in [-0.15, -0.1) is 0 Å². The number of esters is 1. The van der Waals surface area contributed by atoms with Crippen LogP contribution in [0, 0.1) is 17.3 Å². The Kier molecular flexibility index (Phi) is 2.83. The van der Waals surface area contributed by atoms with E-state index >= 15 is 0 Å². The van der Waals surface area contributed by atoms with Gasteiger partial charge >= 0.3 is 5.97 Å². The van der Waals surface area contributed by atoms with Crippen LogP contribution in [-0.2, 0) is 14.3 Å². The minimum absolute atomic E-state index is 0.0162. The summed E-state index contributed by atoms with van der Waals surface area (Å²) in [5.74, 6) is -1.26. The fourth-order valence-electron chi connectivity index (χ4n) is 1.83. The number of hydrogen-bond acceptors (Lipinski definition) is 3. The summed E-state index contributed by atoms with van der Waals surface area (Å²) in [7, 11) is 1.31. The van der Waals surface area contributed by atoms with Gasteiger partial charge in [-0.2, -0.15) is 0 Å². The van der Waals surface area contributed by atoms with Crippen LogP contribution in [0.15, 0.2) is 0 Å². The van der Waals surface area contributed by atoms with Crippen molar-refractivity contribution in [3.63, 3.8) is 0 Å². The van der Waals surface area contributed by atoms with Gasteiger partial charge in [0, 0.05) is 12.5 Å². The van der Waals surface area contributed by atoms with E-state index in [4.69, 9.17) is 0 Å². The van der Waals surface area contributed by atoms with Gasteiger partial charge in [0.15, 0.2) is 0 Å². The number of nitrogens with one attached hydrogen (secondary N) is 1. The van der Waals surface area contributed by atoms with E-state index in [0.29, 0.717) is 6.54 Å². The quantitative estimate of drug-likeness (QED) is 0.496. The van der Waals surface area contributed by atoms with Crippen molar-refractivity contribution in [2.75, 3.05) is 13.7 Å². The summed E-state index contributed by atoms with van der Waals surface area (Å²) in [6.07, 6.45) is 0. The van der Waals surface area contributed by atoms with Crippen molar-refractivity contribution in [3.05, 3.63) is 0 Å². The fraction of sp³-hybridized carbons (Fsp3) is 0.800. The van der Waals surface area contributed by atoms with Crippen LogP contribution in [0.1, 0.15) is 20.8 Å². The van der Waals surface area contributed by atoms with Gasteiger partial charge in [0.2, 0.25) is 5.91 Å². The van der Waals surface area contributed by atoms with Crippen molar-refractivity contribution in [1.29, 1.82) is 0 Å². The van der Waals surface area contributed by atoms with Crippen LogP contribution in [0.3, 0.4) is 0 Å². The van der Waals surface area contributed by atoms with Gasteiger partial charge in [0.1, 0.15) is 5.92 Å². The molecule has 14 heavy (non-hydrogen) atoms. The van der Waals surface area contributed by atoms with Crippen molar-refractivity contribution in [2.45, 2.75) is 20.8 Å². The normalized spacial score (nSPS) is 27.3. The van der Waals surface area contributed by atoms with Gasteiger partial charge in [0.25, 0.3) is 0 Å². The number of methoxy groups -OCH3 is 1. The molecule has 0 spiro atoms. The van der Waals surface area contributed by atoms with Crippen molar-refractivity contribution in [3.8, 4) is 0 Å². The monoisotopic (exact) mass is 199 g/mol. The lowest BCUT2D eigenvalue weighted by molar-refractivity contribution is -0.151. The molecule has 0 radical (unpaired) electrons. The average Bonchev–Trinajstić information content (AvgIpc) is 2.45. The first-order valence-corrected chi connectivity index (χ1v) is 4.73. The lowest BCUT2D eigenvalue weighted by Gasteiger charge is -2.28. The topological polar surface area (TPSA) is 55.4 Å². The number of rotatable bonds is 1. The van der Waals surface area contributed by atoms with Gasteiger partial charge in [-0.1, -0.05) is 20.8 Å². The summed E-state index contributed by atoms with van der Waals surface area (Å²) >= 11 is 0. The Hall–Kier alpha value is -1.06. The minimum Gasteiger partial charge on any atom is -0.468 e. The number of amides is 1. The zero-order valence-corrected chi connectivity index (χ0v) is 9.09. The predicted octanol–water partition coefficient (Wildman–Crippen LogP) is 0.568. The Labute approximate surface area is 84.0 Å². The highest BCUT2D eigenvalue weighted by Crippen LogP contribution is 2.35. The van der Waals surface area contributed by atoms with Crippen molar-refractivity contribution in [1.82, 2.24) is 5.32 Å². The summed E-state index contributed by atoms with van der Waals surface area (Å²) in [6, 6.07) is 0. The first kappa shape index (κ1) is 11.0. The largest absolute Gasteiger partial charge is 0.468 e. The van der Waals surface area contributed by atoms with Crippen LogP contribution in [0.5, 0.6) is 0 Å². The third-order valence-electron chi connectivity index (χ3n) is 2.75. The standard InChI is InChI=1S/C10H17NO3/c1-10(2,3)6-5-11-8(12)7(6)9(13)14-4/h6-7H,5H2,1-4H3,(H,11,12). The zero-order valence-electron chi connectivity index (χ0n) is 9.09. The first-order chi connectivity index (χ1) is 6.38. The van der Waals surface area contributed by atoms with Crippen LogP contribution in [0.4, 0.5) is 0 Å². The SMILES string of the molecule is COC(=O)C1C(=O)NCC1C(C)(C)C. The molecule has 0 bridgehead atoms. The van der Waals surface area contributed by atoms with Gasteiger partial charge in [-0.05, 0) is 5.41 Å². The van der Waals surface area contributed by atoms with Crippen LogP contribution in [-0.4, -0.2) is 25.5 Å². The molecule has 80 valence electrons. The van der Waals surface area contributed by atoms with E-state index in [1.165, 1.54) is 7.11 Å². The molecule has 1 aliphatic heterocycles. The molecule has 2 unspecified atom stereocenters. The molecule has 2 atom stereocenters. The minimum atomic E-state index is -0.639. The second-order valence-corrected chi connectivity index (χ2v) is 4.72. The van der Waals surface area contributed by atoms with E-state index in [-0.39, 0.29) is 17.2 Å². The number of carbonyl (C=O) groups excluding carboxylic acids is 2. The Bertz CT molecular complexity index is 255. The van der Waals surface area contributed by atoms with Gasteiger partial charge < -0.3 is 10.1 Å². The lowest BCUT2D eigenvalue weighted by Crippen LogP contribution is -2.34. The highest BCUT2D eigenvalue weighted by Gasteiger charge is 2.46. The predicted molar refractivity (Wildman–Crippen MR) is 51.5 cm³/mol. The molecule has 0 saturated carbocycles. The molecule has 4 nitrogen and oxygen atoms in total. The maximum Gasteiger partial charge on any atom is 0.318 e. The van der Waals surface area contributed by atoms with Crippen molar-refractivity contribution in [2.24, 2.45) is 17.3 Å². The molecule has 1 aliphatic rings. The molecule has 1 amide bonds. The second kappa shape index (κ2) is 3.59. The Morgan fingerprint density at radius 1 is 1.50 bits per heavy atom. The third-order valence-corrected chi connectivity index (χ3v) is 2.75. The Balaban J connectivity index is 2.88. The van der Waals surface area contributed by atoms with Crippen LogP contribution < -0.4 is 5.32 Å². The van der Waals surface area contributed by atoms with Crippen molar-refractivity contribution >= 4 is 11.9 Å². The number of hydrogen-bond donors (Lipinski definition) is 1. The molecule has 4 heteroatoms. The van der Waals surface area contributed by atoms with Gasteiger partial charge in [0.05, 0.1) is 7.11 Å². The molecular formula is C10H17NO3. The van der Waals surface area contributed by atoms with Gasteiger partial charge in [-0.3, -0.25) is 9.59 Å². The molecule has 1 fully saturated rings. The highest BCUT2D eigenvalue weighted by atomic mass is 16.5. The van der Waals surface area contributed by atoms with E-state index < -0.39 is 11.9 Å². The van der Waals surface area contributed by atoms with E-state index in [2.05, 4.69) is 10.1 Å². The van der Waals surface area contributed by atoms with E-state index in [1.807, 2.05) is 20.8 Å². The Morgan fingerprint density at radius 2 is 2.07 bits per heavy atom. The lowest BCUT2D eigenvalue weighted by atomic mass is 9.75. The zero-order chi connectivity index (χ0) is 10.9. The van der Waals surface area contributed by atoms with E-state index in [9.17, 15) is 9.59 Å². The number of ether oxygens (including phenoxy) is 1. The molecule has 1 rings (SSSR count). The molecule has 1 N–H and O–H groups in total. The van der Waals surface area contributed by atoms with Gasteiger partial charge in [-0.25, -0.2) is 0 Å². The molecular weight excluding hydrogens is 182 g/mol.